The maximum Gasteiger partial charge on any atom is 0.266 e. The minimum atomic E-state index is -0.136. The first-order valence-electron chi connectivity index (χ1n) is 10.3. The van der Waals surface area contributed by atoms with Crippen LogP contribution in [0.1, 0.15) is 21.5 Å². The molecule has 0 saturated carbocycles. The van der Waals surface area contributed by atoms with Crippen LogP contribution in [-0.4, -0.2) is 26.1 Å². The molecule has 0 aliphatic rings. The van der Waals surface area contributed by atoms with Crippen LogP contribution in [-0.2, 0) is 0 Å². The zero-order valence-corrected chi connectivity index (χ0v) is 18.6. The maximum atomic E-state index is 13.4. The van der Waals surface area contributed by atoms with Crippen molar-refractivity contribution < 1.29 is 4.79 Å². The molecule has 158 valence electrons. The van der Waals surface area contributed by atoms with E-state index in [2.05, 4.69) is 11.1 Å². The number of thioether (sulfide) groups is 1. The van der Waals surface area contributed by atoms with E-state index < -0.39 is 0 Å². The molecule has 0 atom stereocenters. The molecule has 0 aliphatic heterocycles. The van der Waals surface area contributed by atoms with Gasteiger partial charge in [0.25, 0.3) is 5.56 Å². The summed E-state index contributed by atoms with van der Waals surface area (Å²) in [6.45, 7) is 4.01. The topological polar surface area (TPSA) is 67.8 Å². The molecule has 0 spiro atoms. The summed E-state index contributed by atoms with van der Waals surface area (Å²) in [5.74, 6) is 0.166. The van der Waals surface area contributed by atoms with Crippen molar-refractivity contribution in [3.63, 3.8) is 0 Å². The number of Topliss-reactive ketones (excluding diaryl/α,β-unsaturated/α-hetero) is 1. The van der Waals surface area contributed by atoms with Crippen molar-refractivity contribution in [3.05, 3.63) is 100.0 Å². The average molecular weight is 440 g/mol. The van der Waals surface area contributed by atoms with Gasteiger partial charge in [-0.25, -0.2) is 4.98 Å². The normalized spacial score (nSPS) is 11.3. The first-order valence-corrected chi connectivity index (χ1v) is 11.3. The van der Waals surface area contributed by atoms with Crippen LogP contribution in [0.5, 0.6) is 0 Å². The molecule has 5 aromatic rings. The molecule has 5 nitrogen and oxygen atoms in total. The van der Waals surface area contributed by atoms with Crippen molar-refractivity contribution in [3.8, 4) is 5.69 Å². The Morgan fingerprint density at radius 2 is 1.66 bits per heavy atom. The number of hydrogen-bond acceptors (Lipinski definition) is 4. The number of hydrogen-bond donors (Lipinski definition) is 1. The molecule has 0 fully saturated rings. The Morgan fingerprint density at radius 3 is 2.44 bits per heavy atom. The second-order valence-electron chi connectivity index (χ2n) is 7.86. The molecular formula is C26H21N3O2S. The fourth-order valence-corrected chi connectivity index (χ4v) is 4.92. The summed E-state index contributed by atoms with van der Waals surface area (Å²) in [5.41, 5.74) is 4.94. The van der Waals surface area contributed by atoms with Crippen LogP contribution in [0.15, 0.2) is 82.9 Å². The molecule has 2 heterocycles. The lowest BCUT2D eigenvalue weighted by atomic mass is 10.1. The van der Waals surface area contributed by atoms with Crippen LogP contribution >= 0.6 is 11.8 Å². The molecule has 0 saturated heterocycles. The SMILES string of the molecule is Cc1cc(C)cc(-n2c(SCC(=O)c3c[nH]c4ccccc34)nc3ccccc3c2=O)c1. The molecule has 6 heteroatoms. The molecule has 5 rings (SSSR count). The summed E-state index contributed by atoms with van der Waals surface area (Å²) in [6, 6.07) is 21.1. The van der Waals surface area contributed by atoms with Crippen LogP contribution in [0.25, 0.3) is 27.5 Å². The third kappa shape index (κ3) is 3.63. The molecule has 0 aliphatic carbocycles. The van der Waals surface area contributed by atoms with Gasteiger partial charge in [-0.15, -0.1) is 0 Å². The lowest BCUT2D eigenvalue weighted by Crippen LogP contribution is -2.22. The van der Waals surface area contributed by atoms with Crippen LogP contribution in [0.2, 0.25) is 0 Å². The van der Waals surface area contributed by atoms with Crippen molar-refractivity contribution in [2.75, 3.05) is 5.75 Å². The number of H-pyrrole nitrogens is 1. The van der Waals surface area contributed by atoms with Gasteiger partial charge in [-0.3, -0.25) is 14.2 Å². The van der Waals surface area contributed by atoms with E-state index in [0.29, 0.717) is 21.6 Å². The number of fused-ring (bicyclic) bond motifs is 2. The van der Waals surface area contributed by atoms with E-state index in [1.165, 1.54) is 11.8 Å². The Labute approximate surface area is 189 Å². The molecule has 0 amide bonds. The van der Waals surface area contributed by atoms with Gasteiger partial charge >= 0.3 is 0 Å². The highest BCUT2D eigenvalue weighted by Gasteiger charge is 2.17. The molecule has 0 bridgehead atoms. The summed E-state index contributed by atoms with van der Waals surface area (Å²) in [4.78, 5) is 34.4. The second-order valence-corrected chi connectivity index (χ2v) is 8.80. The molecular weight excluding hydrogens is 418 g/mol. The number of ketones is 1. The largest absolute Gasteiger partial charge is 0.360 e. The number of carbonyl (C=O) groups excluding carboxylic acids is 1. The number of carbonyl (C=O) groups is 1. The van der Waals surface area contributed by atoms with Gasteiger partial charge in [0.05, 0.1) is 22.3 Å². The molecule has 0 radical (unpaired) electrons. The maximum absolute atomic E-state index is 13.4. The van der Waals surface area contributed by atoms with Crippen molar-refractivity contribution in [2.24, 2.45) is 0 Å². The smallest absolute Gasteiger partial charge is 0.266 e. The third-order valence-corrected chi connectivity index (χ3v) is 6.37. The quantitative estimate of drug-likeness (QED) is 0.224. The lowest BCUT2D eigenvalue weighted by Gasteiger charge is -2.14. The Bertz CT molecular complexity index is 1530. The Hall–Kier alpha value is -3.64. The predicted octanol–water partition coefficient (Wildman–Crippen LogP) is 5.46. The fraction of sp³-hybridized carbons (Fsp3) is 0.115. The number of para-hydroxylation sites is 2. The van der Waals surface area contributed by atoms with Crippen LogP contribution in [0.3, 0.4) is 0 Å². The van der Waals surface area contributed by atoms with Crippen LogP contribution in [0, 0.1) is 13.8 Å². The second kappa shape index (κ2) is 8.13. The highest BCUT2D eigenvalue weighted by molar-refractivity contribution is 7.99. The van der Waals surface area contributed by atoms with Gasteiger partial charge in [-0.1, -0.05) is 48.2 Å². The molecule has 1 N–H and O–H groups in total. The number of aromatic nitrogens is 3. The number of rotatable bonds is 5. The van der Waals surface area contributed by atoms with Gasteiger partial charge in [0.1, 0.15) is 0 Å². The first kappa shape index (κ1) is 20.3. The summed E-state index contributed by atoms with van der Waals surface area (Å²) in [6.07, 6.45) is 1.75. The lowest BCUT2D eigenvalue weighted by molar-refractivity contribution is 0.102. The first-order chi connectivity index (χ1) is 15.5. The van der Waals surface area contributed by atoms with E-state index in [0.717, 1.165) is 27.7 Å². The Kier molecular flexibility index (Phi) is 5.15. The van der Waals surface area contributed by atoms with E-state index in [9.17, 15) is 9.59 Å². The summed E-state index contributed by atoms with van der Waals surface area (Å²) < 4.78 is 1.62. The number of nitrogens with zero attached hydrogens (tertiary/aromatic N) is 2. The number of aromatic amines is 1. The minimum absolute atomic E-state index is 0.0122. The van der Waals surface area contributed by atoms with E-state index in [1.54, 1.807) is 16.8 Å². The van der Waals surface area contributed by atoms with Crippen LogP contribution in [0.4, 0.5) is 0 Å². The van der Waals surface area contributed by atoms with E-state index in [1.807, 2.05) is 68.4 Å². The minimum Gasteiger partial charge on any atom is -0.360 e. The average Bonchev–Trinajstić information content (AvgIpc) is 3.21. The van der Waals surface area contributed by atoms with Gasteiger partial charge < -0.3 is 4.98 Å². The van der Waals surface area contributed by atoms with Crippen molar-refractivity contribution in [2.45, 2.75) is 19.0 Å². The van der Waals surface area contributed by atoms with Gasteiger partial charge in [0.15, 0.2) is 10.9 Å². The van der Waals surface area contributed by atoms with Crippen LogP contribution < -0.4 is 5.56 Å². The fourth-order valence-electron chi connectivity index (χ4n) is 4.03. The van der Waals surface area contributed by atoms with Crippen molar-refractivity contribution in [1.82, 2.24) is 14.5 Å². The monoisotopic (exact) mass is 439 g/mol. The number of nitrogens with one attached hydrogen (secondary N) is 1. The number of benzene rings is 3. The third-order valence-electron chi connectivity index (χ3n) is 5.43. The number of aryl methyl sites for hydroxylation is 2. The predicted molar refractivity (Wildman–Crippen MR) is 130 cm³/mol. The highest BCUT2D eigenvalue weighted by atomic mass is 32.2. The molecule has 32 heavy (non-hydrogen) atoms. The van der Waals surface area contributed by atoms with Crippen molar-refractivity contribution >= 4 is 39.4 Å². The van der Waals surface area contributed by atoms with E-state index in [-0.39, 0.29) is 17.1 Å². The molecule has 3 aromatic carbocycles. The molecule has 2 aromatic heterocycles. The Morgan fingerprint density at radius 1 is 0.969 bits per heavy atom. The van der Waals surface area contributed by atoms with Gasteiger partial charge in [-0.2, -0.15) is 0 Å². The molecule has 0 unspecified atom stereocenters. The Balaban J connectivity index is 1.58. The van der Waals surface area contributed by atoms with E-state index in [4.69, 9.17) is 4.98 Å². The zero-order chi connectivity index (χ0) is 22.2. The summed E-state index contributed by atoms with van der Waals surface area (Å²) in [5, 5.41) is 1.96. The van der Waals surface area contributed by atoms with Gasteiger partial charge in [0.2, 0.25) is 0 Å². The van der Waals surface area contributed by atoms with Gasteiger partial charge in [0, 0.05) is 22.7 Å². The van der Waals surface area contributed by atoms with E-state index >= 15 is 0 Å². The van der Waals surface area contributed by atoms with Crippen molar-refractivity contribution in [1.29, 1.82) is 0 Å². The highest BCUT2D eigenvalue weighted by Crippen LogP contribution is 2.25. The standard InChI is InChI=1S/C26H21N3O2S/c1-16-11-17(2)13-18(12-16)29-25(31)20-8-4-6-10-23(20)28-26(29)32-15-24(30)21-14-27-22-9-5-3-7-19(21)22/h3-14,27H,15H2,1-2H3. The summed E-state index contributed by atoms with van der Waals surface area (Å²) in [7, 11) is 0. The summed E-state index contributed by atoms with van der Waals surface area (Å²) >= 11 is 1.29. The van der Waals surface area contributed by atoms with Gasteiger partial charge in [-0.05, 0) is 55.3 Å². The zero-order valence-electron chi connectivity index (χ0n) is 17.8.